The van der Waals surface area contributed by atoms with Crippen molar-refractivity contribution in [1.82, 2.24) is 24.1 Å². The van der Waals surface area contributed by atoms with E-state index in [1.54, 1.807) is 0 Å². The van der Waals surface area contributed by atoms with Crippen molar-refractivity contribution in [3.8, 4) is 78.5 Å². The van der Waals surface area contributed by atoms with Gasteiger partial charge in [-0.05, 0) is 111 Å². The summed E-state index contributed by atoms with van der Waals surface area (Å²) in [7, 11) is 0. The molecule has 0 saturated carbocycles. The third-order valence-electron chi connectivity index (χ3n) is 17.3. The fraction of sp³-hybridized carbons (Fsp3) is 0.0822. The van der Waals surface area contributed by atoms with Gasteiger partial charge in [0.1, 0.15) is 11.0 Å². The summed E-state index contributed by atoms with van der Waals surface area (Å²) in [4.78, 5) is 17.0. The van der Waals surface area contributed by atoms with Gasteiger partial charge in [-0.15, -0.1) is 0 Å². The molecule has 368 valence electrons. The van der Waals surface area contributed by atoms with Crippen LogP contribution in [0.25, 0.3) is 133 Å². The topological polar surface area (TPSA) is 48.5 Å². The number of nitrogens with zero attached hydrogens (tertiary/aromatic N) is 5. The van der Waals surface area contributed by atoms with Crippen LogP contribution in [0.5, 0.6) is 0 Å². The van der Waals surface area contributed by atoms with Gasteiger partial charge in [0.25, 0.3) is 0 Å². The molecule has 0 saturated heterocycles. The van der Waals surface area contributed by atoms with E-state index in [0.29, 0.717) is 0 Å². The van der Waals surface area contributed by atoms with Crippen molar-refractivity contribution in [3.05, 3.63) is 259 Å². The normalized spacial score (nSPS) is 13.8. The summed E-state index contributed by atoms with van der Waals surface area (Å²) in [6.45, 7) is 9.43. The maximum Gasteiger partial charge on any atom is 0.116 e. The summed E-state index contributed by atoms with van der Waals surface area (Å²) in [5.41, 5.74) is 26.0. The molecule has 5 nitrogen and oxygen atoms in total. The number of hydrogen-bond acceptors (Lipinski definition) is 3. The molecule has 0 unspecified atom stereocenters. The maximum atomic E-state index is 5.76. The molecule has 0 atom stereocenters. The molecule has 4 heterocycles. The molecule has 5 heteroatoms. The monoisotopic (exact) mass is 997 g/mol. The van der Waals surface area contributed by atoms with E-state index in [0.717, 1.165) is 78.3 Å². The van der Waals surface area contributed by atoms with E-state index < -0.39 is 0 Å². The Bertz CT molecular complexity index is 4540. The van der Waals surface area contributed by atoms with Crippen LogP contribution in [0.3, 0.4) is 0 Å². The lowest BCUT2D eigenvalue weighted by Gasteiger charge is -2.21. The van der Waals surface area contributed by atoms with E-state index in [-0.39, 0.29) is 10.8 Å². The van der Waals surface area contributed by atoms with Crippen molar-refractivity contribution in [2.24, 2.45) is 0 Å². The average Bonchev–Trinajstić information content (AvgIpc) is 4.35. The molecule has 4 aromatic heterocycles. The summed E-state index contributed by atoms with van der Waals surface area (Å²) in [5, 5.41) is 4.94. The molecule has 2 aliphatic carbocycles. The fourth-order valence-corrected chi connectivity index (χ4v) is 13.5. The minimum Gasteiger partial charge on any atom is -0.309 e. The molecule has 10 aromatic carbocycles. The van der Waals surface area contributed by atoms with Gasteiger partial charge in [-0.3, -0.25) is 4.98 Å². The molecule has 0 bridgehead atoms. The highest BCUT2D eigenvalue weighted by atomic mass is 15.0. The molecule has 0 N–H and O–H groups in total. The molecule has 0 fully saturated rings. The third-order valence-corrected chi connectivity index (χ3v) is 17.3. The first-order valence-corrected chi connectivity index (χ1v) is 27.1. The maximum absolute atomic E-state index is 5.76. The number of rotatable bonds is 6. The van der Waals surface area contributed by atoms with E-state index in [4.69, 9.17) is 15.0 Å². The Labute approximate surface area is 452 Å². The Balaban J connectivity index is 0.913. The van der Waals surface area contributed by atoms with Crippen LogP contribution >= 0.6 is 0 Å². The van der Waals surface area contributed by atoms with Gasteiger partial charge in [-0.1, -0.05) is 198 Å². The number of pyridine rings is 1. The van der Waals surface area contributed by atoms with Crippen molar-refractivity contribution < 1.29 is 0 Å². The molecule has 14 aromatic rings. The summed E-state index contributed by atoms with van der Waals surface area (Å²) in [6, 6.07) is 83.9. The largest absolute Gasteiger partial charge is 0.309 e. The predicted octanol–water partition coefficient (Wildman–Crippen LogP) is 18.5. The van der Waals surface area contributed by atoms with E-state index in [1.165, 1.54) is 77.1 Å². The summed E-state index contributed by atoms with van der Waals surface area (Å²) >= 11 is 0. The van der Waals surface area contributed by atoms with Crippen molar-refractivity contribution >= 4 is 54.6 Å². The Hall–Kier alpha value is -9.71. The molecule has 0 radical (unpaired) electrons. The Morgan fingerprint density at radius 2 is 0.731 bits per heavy atom. The minimum absolute atomic E-state index is 0.142. The average molecular weight is 998 g/mol. The van der Waals surface area contributed by atoms with Crippen LogP contribution < -0.4 is 0 Å². The molecule has 0 amide bonds. The van der Waals surface area contributed by atoms with Crippen molar-refractivity contribution in [3.63, 3.8) is 0 Å². The van der Waals surface area contributed by atoms with Crippen LogP contribution in [-0.2, 0) is 10.8 Å². The molecular formula is C73H51N5. The van der Waals surface area contributed by atoms with Crippen LogP contribution in [-0.4, -0.2) is 24.1 Å². The van der Waals surface area contributed by atoms with E-state index in [2.05, 4.69) is 267 Å². The number of aromatic nitrogens is 5. The third kappa shape index (κ3) is 6.33. The van der Waals surface area contributed by atoms with Gasteiger partial charge < -0.3 is 9.13 Å². The zero-order valence-corrected chi connectivity index (χ0v) is 43.8. The molecule has 78 heavy (non-hydrogen) atoms. The van der Waals surface area contributed by atoms with Gasteiger partial charge in [0.2, 0.25) is 0 Å². The zero-order valence-electron chi connectivity index (χ0n) is 43.8. The van der Waals surface area contributed by atoms with Gasteiger partial charge in [-0.2, -0.15) is 0 Å². The van der Waals surface area contributed by atoms with Crippen LogP contribution in [0.2, 0.25) is 0 Å². The molecule has 16 rings (SSSR count). The molecule has 0 spiro atoms. The fourth-order valence-electron chi connectivity index (χ4n) is 13.5. The summed E-state index contributed by atoms with van der Waals surface area (Å²) in [5.74, 6) is 0. The van der Waals surface area contributed by atoms with Crippen LogP contribution in [0.1, 0.15) is 49.9 Å². The van der Waals surface area contributed by atoms with E-state index in [1.807, 2.05) is 6.20 Å². The number of benzene rings is 10. The smallest absolute Gasteiger partial charge is 0.116 e. The first-order chi connectivity index (χ1) is 38.2. The van der Waals surface area contributed by atoms with Crippen LogP contribution in [0.4, 0.5) is 0 Å². The Kier molecular flexibility index (Phi) is 9.37. The Morgan fingerprint density at radius 3 is 1.27 bits per heavy atom. The highest BCUT2D eigenvalue weighted by Crippen LogP contribution is 2.53. The molecular weight excluding hydrogens is 947 g/mol. The second-order valence-corrected chi connectivity index (χ2v) is 22.3. The van der Waals surface area contributed by atoms with E-state index >= 15 is 0 Å². The van der Waals surface area contributed by atoms with Crippen LogP contribution in [0.15, 0.2) is 237 Å². The lowest BCUT2D eigenvalue weighted by molar-refractivity contribution is 0.661. The molecule has 2 aliphatic rings. The van der Waals surface area contributed by atoms with Crippen LogP contribution in [0, 0.1) is 0 Å². The summed E-state index contributed by atoms with van der Waals surface area (Å²) < 4.78 is 4.88. The highest BCUT2D eigenvalue weighted by molar-refractivity contribution is 6.13. The zero-order chi connectivity index (χ0) is 52.0. The first kappa shape index (κ1) is 44.6. The number of hydrogen-bond donors (Lipinski definition) is 0. The van der Waals surface area contributed by atoms with Gasteiger partial charge in [-0.25, -0.2) is 9.97 Å². The second-order valence-electron chi connectivity index (χ2n) is 22.3. The van der Waals surface area contributed by atoms with Gasteiger partial charge >= 0.3 is 0 Å². The molecule has 0 aliphatic heterocycles. The van der Waals surface area contributed by atoms with Gasteiger partial charge in [0.05, 0.1) is 39.1 Å². The number of fused-ring (bicyclic) bond motifs is 13. The standard InChI is InChI=1S/C73H51N5/c1-72(2)59-33-15-11-29-50(59)54-39-56-52-31-13-17-35-63(52)77(65(56)41-61(54)72)48-27-19-25-46(37-48)58-43-74-67(71-70(58)75-68(44-21-7-5-8-22-44)69(76-71)45-23-9-6-10-24-45)47-26-20-28-49(38-47)78-64-36-18-14-32-53(64)57-40-55-51-30-12-16-34-60(51)73(3,4)62(55)42-66(57)78/h5-43H,1-4H3. The quantitative estimate of drug-likeness (QED) is 0.167. The van der Waals surface area contributed by atoms with Crippen molar-refractivity contribution in [1.29, 1.82) is 0 Å². The second kappa shape index (κ2) is 16.4. The predicted molar refractivity (Wildman–Crippen MR) is 323 cm³/mol. The Morgan fingerprint density at radius 1 is 0.295 bits per heavy atom. The first-order valence-electron chi connectivity index (χ1n) is 27.1. The summed E-state index contributed by atoms with van der Waals surface area (Å²) in [6.07, 6.45) is 2.02. The van der Waals surface area contributed by atoms with E-state index in [9.17, 15) is 0 Å². The lowest BCUT2D eigenvalue weighted by atomic mass is 9.82. The van der Waals surface area contributed by atoms with Crippen molar-refractivity contribution in [2.75, 3.05) is 0 Å². The van der Waals surface area contributed by atoms with Gasteiger partial charge in [0.15, 0.2) is 0 Å². The SMILES string of the molecule is CC1(C)c2ccccc2-c2cc3c4ccccc4n(-c4cccc(-c5cnc(-c6cccc(-n7c8ccccc8c8cc9c(cc87)C(C)(C)c7ccccc7-9)c6)c6nc(-c7ccccc7)c(-c7ccccc7)nc56)c4)c3cc21. The van der Waals surface area contributed by atoms with Crippen molar-refractivity contribution in [2.45, 2.75) is 38.5 Å². The van der Waals surface area contributed by atoms with Gasteiger partial charge in [0, 0.05) is 72.2 Å². The highest BCUT2D eigenvalue weighted by Gasteiger charge is 2.38. The minimum atomic E-state index is -0.144. The lowest BCUT2D eigenvalue weighted by Crippen LogP contribution is -2.15. The number of para-hydroxylation sites is 2.